The third-order valence-electron chi connectivity index (χ3n) is 3.51. The zero-order valence-electron chi connectivity index (χ0n) is 15.3. The van der Waals surface area contributed by atoms with Gasteiger partial charge in [-0.25, -0.2) is 9.98 Å². The minimum Gasteiger partial charge on any atom is -0.380 e. The molecule has 0 spiro atoms. The molecule has 0 saturated heterocycles. The van der Waals surface area contributed by atoms with Crippen molar-refractivity contribution in [2.45, 2.75) is 33.5 Å². The maximum atomic E-state index is 5.14. The molecule has 0 aliphatic heterocycles. The first-order valence-electron chi connectivity index (χ1n) is 8.09. The third-order valence-corrected chi connectivity index (χ3v) is 4.33. The van der Waals surface area contributed by atoms with Crippen molar-refractivity contribution < 1.29 is 4.74 Å². The van der Waals surface area contributed by atoms with Crippen LogP contribution in [0, 0.1) is 6.92 Å². The summed E-state index contributed by atoms with van der Waals surface area (Å²) in [6.45, 7) is 6.99. The van der Waals surface area contributed by atoms with E-state index in [0.29, 0.717) is 13.2 Å². The summed E-state index contributed by atoms with van der Waals surface area (Å²) in [6, 6.07) is 8.38. The van der Waals surface area contributed by atoms with Crippen molar-refractivity contribution in [2.24, 2.45) is 4.99 Å². The highest BCUT2D eigenvalue weighted by Gasteiger charge is 2.08. The second-order valence-electron chi connectivity index (χ2n) is 5.63. The van der Waals surface area contributed by atoms with E-state index in [-0.39, 0.29) is 24.0 Å². The fraction of sp³-hybridized carbons (Fsp3) is 0.444. The van der Waals surface area contributed by atoms with Gasteiger partial charge in [-0.3, -0.25) is 0 Å². The molecule has 5 nitrogen and oxygen atoms in total. The second kappa shape index (κ2) is 11.4. The minimum atomic E-state index is 0. The van der Waals surface area contributed by atoms with Crippen molar-refractivity contribution in [3.63, 3.8) is 0 Å². The number of nitrogens with one attached hydrogen (secondary N) is 1. The average Bonchev–Trinajstić information content (AvgIpc) is 2.98. The normalized spacial score (nSPS) is 11.1. The van der Waals surface area contributed by atoms with Gasteiger partial charge in [0.2, 0.25) is 0 Å². The lowest BCUT2D eigenvalue weighted by atomic mass is 10.1. The molecule has 0 bridgehead atoms. The summed E-state index contributed by atoms with van der Waals surface area (Å²) < 4.78 is 5.14. The zero-order chi connectivity index (χ0) is 17.4. The van der Waals surface area contributed by atoms with Crippen LogP contribution in [0.2, 0.25) is 0 Å². The SMILES string of the molecule is CCNC(=NCc1ccc(COC)cc1)N(C)Cc1csc(C)n1.I. The molecular weight excluding hydrogens is 447 g/mol. The molecule has 0 saturated carbocycles. The third kappa shape index (κ3) is 7.29. The van der Waals surface area contributed by atoms with Crippen molar-refractivity contribution in [2.75, 3.05) is 20.7 Å². The van der Waals surface area contributed by atoms with E-state index in [2.05, 4.69) is 51.8 Å². The Bertz CT molecular complexity index is 657. The Kier molecular flexibility index (Phi) is 9.99. The van der Waals surface area contributed by atoms with E-state index >= 15 is 0 Å². The quantitative estimate of drug-likeness (QED) is 0.377. The van der Waals surface area contributed by atoms with E-state index < -0.39 is 0 Å². The predicted octanol–water partition coefficient (Wildman–Crippen LogP) is 3.81. The van der Waals surface area contributed by atoms with Gasteiger partial charge < -0.3 is 15.0 Å². The molecule has 1 heterocycles. The number of thiazole rings is 1. The van der Waals surface area contributed by atoms with Crippen molar-refractivity contribution in [1.29, 1.82) is 0 Å². The number of aryl methyl sites for hydroxylation is 1. The maximum absolute atomic E-state index is 5.14. The molecule has 0 aliphatic carbocycles. The molecule has 1 N–H and O–H groups in total. The molecule has 0 unspecified atom stereocenters. The highest BCUT2D eigenvalue weighted by Crippen LogP contribution is 2.11. The fourth-order valence-electron chi connectivity index (χ4n) is 2.34. The molecule has 0 amide bonds. The second-order valence-corrected chi connectivity index (χ2v) is 6.70. The highest BCUT2D eigenvalue weighted by atomic mass is 127. The first kappa shape index (κ1) is 21.9. The van der Waals surface area contributed by atoms with Crippen LogP contribution in [0.4, 0.5) is 0 Å². The fourth-order valence-corrected chi connectivity index (χ4v) is 2.95. The number of hydrogen-bond acceptors (Lipinski definition) is 4. The van der Waals surface area contributed by atoms with Gasteiger partial charge in [-0.15, -0.1) is 35.3 Å². The van der Waals surface area contributed by atoms with Crippen LogP contribution in [-0.4, -0.2) is 36.5 Å². The smallest absolute Gasteiger partial charge is 0.194 e. The van der Waals surface area contributed by atoms with Crippen LogP contribution in [0.15, 0.2) is 34.6 Å². The largest absolute Gasteiger partial charge is 0.380 e. The molecule has 0 atom stereocenters. The average molecular weight is 474 g/mol. The number of aliphatic imine (C=N–C) groups is 1. The van der Waals surface area contributed by atoms with Crippen molar-refractivity contribution in [3.8, 4) is 0 Å². The summed E-state index contributed by atoms with van der Waals surface area (Å²) in [5.74, 6) is 0.893. The van der Waals surface area contributed by atoms with Gasteiger partial charge in [0, 0.05) is 26.1 Å². The van der Waals surface area contributed by atoms with Gasteiger partial charge >= 0.3 is 0 Å². The van der Waals surface area contributed by atoms with E-state index in [9.17, 15) is 0 Å². The van der Waals surface area contributed by atoms with Gasteiger partial charge in [-0.2, -0.15) is 0 Å². The van der Waals surface area contributed by atoms with E-state index in [1.807, 2.05) is 14.0 Å². The van der Waals surface area contributed by atoms with Crippen LogP contribution >= 0.6 is 35.3 Å². The van der Waals surface area contributed by atoms with E-state index in [0.717, 1.165) is 29.8 Å². The maximum Gasteiger partial charge on any atom is 0.194 e. The number of guanidine groups is 1. The molecule has 138 valence electrons. The highest BCUT2D eigenvalue weighted by molar-refractivity contribution is 14.0. The molecule has 1 aromatic carbocycles. The number of nitrogens with zero attached hydrogens (tertiary/aromatic N) is 3. The Hall–Kier alpha value is -1.19. The number of rotatable bonds is 7. The van der Waals surface area contributed by atoms with Gasteiger partial charge in [-0.1, -0.05) is 24.3 Å². The molecule has 7 heteroatoms. The number of benzene rings is 1. The van der Waals surface area contributed by atoms with Crippen molar-refractivity contribution in [3.05, 3.63) is 51.5 Å². The van der Waals surface area contributed by atoms with Crippen LogP contribution in [0.1, 0.15) is 28.8 Å². The summed E-state index contributed by atoms with van der Waals surface area (Å²) in [4.78, 5) is 11.4. The monoisotopic (exact) mass is 474 g/mol. The minimum absolute atomic E-state index is 0. The molecule has 2 rings (SSSR count). The van der Waals surface area contributed by atoms with E-state index in [1.165, 1.54) is 11.1 Å². The van der Waals surface area contributed by atoms with E-state index in [1.54, 1.807) is 18.4 Å². The van der Waals surface area contributed by atoms with Crippen molar-refractivity contribution in [1.82, 2.24) is 15.2 Å². The van der Waals surface area contributed by atoms with Crippen LogP contribution in [0.3, 0.4) is 0 Å². The molecule has 1 aromatic heterocycles. The molecule has 0 fully saturated rings. The predicted molar refractivity (Wildman–Crippen MR) is 116 cm³/mol. The van der Waals surface area contributed by atoms with Crippen LogP contribution < -0.4 is 5.32 Å². The molecular formula is C18H27IN4OS. The number of ether oxygens (including phenoxy) is 1. The molecule has 2 aromatic rings. The number of hydrogen-bond donors (Lipinski definition) is 1. The van der Waals surface area contributed by atoms with Crippen LogP contribution in [-0.2, 0) is 24.4 Å². The summed E-state index contributed by atoms with van der Waals surface area (Å²) >= 11 is 1.68. The summed E-state index contributed by atoms with van der Waals surface area (Å²) in [7, 11) is 3.75. The first-order valence-corrected chi connectivity index (χ1v) is 8.97. The lowest BCUT2D eigenvalue weighted by Crippen LogP contribution is -2.38. The van der Waals surface area contributed by atoms with Crippen LogP contribution in [0.5, 0.6) is 0 Å². The topological polar surface area (TPSA) is 49.8 Å². The Balaban J connectivity index is 0.00000312. The standard InChI is InChI=1S/C18H26N4OS.HI/c1-5-19-18(22(3)11-17-13-24-14(2)21-17)20-10-15-6-8-16(9-7-15)12-23-4;/h6-9,13H,5,10-12H2,1-4H3,(H,19,20);1H. The Morgan fingerprint density at radius 3 is 2.52 bits per heavy atom. The Morgan fingerprint density at radius 2 is 1.96 bits per heavy atom. The Labute approximate surface area is 171 Å². The van der Waals surface area contributed by atoms with Crippen molar-refractivity contribution >= 4 is 41.3 Å². The first-order chi connectivity index (χ1) is 11.6. The van der Waals surface area contributed by atoms with Gasteiger partial charge in [-0.05, 0) is 25.0 Å². The zero-order valence-corrected chi connectivity index (χ0v) is 18.4. The van der Waals surface area contributed by atoms with Gasteiger partial charge in [0.1, 0.15) is 0 Å². The van der Waals surface area contributed by atoms with Gasteiger partial charge in [0.05, 0.1) is 30.4 Å². The van der Waals surface area contributed by atoms with Crippen LogP contribution in [0.25, 0.3) is 0 Å². The lowest BCUT2D eigenvalue weighted by molar-refractivity contribution is 0.185. The number of halogens is 1. The number of aromatic nitrogens is 1. The van der Waals surface area contributed by atoms with E-state index in [4.69, 9.17) is 9.73 Å². The molecule has 25 heavy (non-hydrogen) atoms. The van der Waals surface area contributed by atoms with Gasteiger partial charge in [0.25, 0.3) is 0 Å². The summed E-state index contributed by atoms with van der Waals surface area (Å²) in [5.41, 5.74) is 3.44. The van der Waals surface area contributed by atoms with Gasteiger partial charge in [0.15, 0.2) is 5.96 Å². The lowest BCUT2D eigenvalue weighted by Gasteiger charge is -2.21. The molecule has 0 radical (unpaired) electrons. The Morgan fingerprint density at radius 1 is 1.28 bits per heavy atom. The molecule has 0 aliphatic rings. The summed E-state index contributed by atoms with van der Waals surface area (Å²) in [5, 5.41) is 6.54. The number of methoxy groups -OCH3 is 1. The summed E-state index contributed by atoms with van der Waals surface area (Å²) in [6.07, 6.45) is 0.